The maximum Gasteiger partial charge on any atom is 0.329 e. The van der Waals surface area contributed by atoms with Crippen molar-refractivity contribution in [3.05, 3.63) is 24.3 Å². The monoisotopic (exact) mass is 452 g/mol. The lowest BCUT2D eigenvalue weighted by atomic mass is 9.85. The van der Waals surface area contributed by atoms with Gasteiger partial charge >= 0.3 is 5.97 Å². The highest BCUT2D eigenvalue weighted by Crippen LogP contribution is 2.54. The van der Waals surface area contributed by atoms with E-state index in [0.717, 1.165) is 17.7 Å². The van der Waals surface area contributed by atoms with Crippen molar-refractivity contribution in [1.29, 1.82) is 0 Å². The van der Waals surface area contributed by atoms with Gasteiger partial charge in [-0.2, -0.15) is 0 Å². The van der Waals surface area contributed by atoms with Gasteiger partial charge in [-0.25, -0.2) is 4.79 Å². The van der Waals surface area contributed by atoms with E-state index >= 15 is 0 Å². The second-order valence-electron chi connectivity index (χ2n) is 10.4. The molecular weight excluding hydrogens is 424 g/mol. The highest BCUT2D eigenvalue weighted by Gasteiger charge is 2.61. The predicted molar refractivity (Wildman–Crippen MR) is 114 cm³/mol. The maximum atomic E-state index is 13.1. The van der Waals surface area contributed by atoms with Crippen LogP contribution >= 0.6 is 0 Å². The Kier molecular flexibility index (Phi) is 4.65. The van der Waals surface area contributed by atoms with E-state index in [9.17, 15) is 24.0 Å². The molecule has 6 aliphatic rings. The van der Waals surface area contributed by atoms with Crippen molar-refractivity contribution < 1.29 is 28.7 Å². The number of unbranched alkanes of at least 4 members (excludes halogenated alkanes) is 1. The molecule has 0 unspecified atom stereocenters. The smallest absolute Gasteiger partial charge is 0.329 e. The number of amides is 4. The molecule has 174 valence electrons. The van der Waals surface area contributed by atoms with E-state index in [1.165, 1.54) is 12.0 Å². The van der Waals surface area contributed by atoms with Crippen LogP contribution in [0.15, 0.2) is 24.3 Å². The van der Waals surface area contributed by atoms with Crippen LogP contribution in [-0.2, 0) is 28.7 Å². The molecule has 2 aliphatic heterocycles. The van der Waals surface area contributed by atoms with E-state index in [-0.39, 0.29) is 77.4 Å². The summed E-state index contributed by atoms with van der Waals surface area (Å²) in [6.07, 6.45) is 11.2. The second-order valence-corrected chi connectivity index (χ2v) is 10.4. The minimum Gasteiger partial charge on any atom is -0.467 e. The third-order valence-corrected chi connectivity index (χ3v) is 8.96. The Hall–Kier alpha value is -2.77. The van der Waals surface area contributed by atoms with Crippen LogP contribution in [0.4, 0.5) is 0 Å². The number of imide groups is 2. The summed E-state index contributed by atoms with van der Waals surface area (Å²) in [5.41, 5.74) is 0. The summed E-state index contributed by atoms with van der Waals surface area (Å²) in [7, 11) is 1.26. The SMILES string of the molecule is COC(=O)[C@@H](CCCCN1C(=O)[C@@H]2[C@H](C1=O)[C@H]1C=C[C@H]2C1)N1C(=O)[C@@H]2[C@H](C1=O)[C@H]1C=C[C@H]2C1. The number of carbonyl (C=O) groups is 5. The van der Waals surface area contributed by atoms with Crippen LogP contribution in [0.1, 0.15) is 32.1 Å². The van der Waals surface area contributed by atoms with Gasteiger partial charge < -0.3 is 4.74 Å². The maximum absolute atomic E-state index is 13.1. The Morgan fingerprint density at radius 2 is 1.27 bits per heavy atom. The van der Waals surface area contributed by atoms with Gasteiger partial charge in [0.15, 0.2) is 0 Å². The summed E-state index contributed by atoms with van der Waals surface area (Å²) < 4.78 is 4.93. The predicted octanol–water partition coefficient (Wildman–Crippen LogP) is 1.31. The van der Waals surface area contributed by atoms with Crippen molar-refractivity contribution in [2.75, 3.05) is 13.7 Å². The van der Waals surface area contributed by atoms with Crippen molar-refractivity contribution in [2.24, 2.45) is 47.3 Å². The topological polar surface area (TPSA) is 101 Å². The summed E-state index contributed by atoms with van der Waals surface area (Å²) in [5.74, 6) is -1.89. The molecule has 0 radical (unpaired) electrons. The Morgan fingerprint density at radius 1 is 0.818 bits per heavy atom. The lowest BCUT2D eigenvalue weighted by Gasteiger charge is -2.26. The molecule has 6 rings (SSSR count). The van der Waals surface area contributed by atoms with Gasteiger partial charge in [-0.05, 0) is 55.8 Å². The molecule has 0 aromatic rings. The van der Waals surface area contributed by atoms with E-state index in [0.29, 0.717) is 19.4 Å². The average molecular weight is 453 g/mol. The van der Waals surface area contributed by atoms with E-state index < -0.39 is 12.0 Å². The lowest BCUT2D eigenvalue weighted by Crippen LogP contribution is -2.47. The van der Waals surface area contributed by atoms with E-state index in [2.05, 4.69) is 12.2 Å². The molecule has 2 saturated heterocycles. The number of hydrogen-bond acceptors (Lipinski definition) is 6. The highest BCUT2D eigenvalue weighted by atomic mass is 16.5. The third-order valence-electron chi connectivity index (χ3n) is 8.96. The number of esters is 1. The molecule has 0 aromatic heterocycles. The van der Waals surface area contributed by atoms with Crippen molar-refractivity contribution in [2.45, 2.75) is 38.1 Å². The average Bonchev–Trinajstić information content (AvgIpc) is 3.64. The minimum absolute atomic E-state index is 0.0768. The molecule has 8 nitrogen and oxygen atoms in total. The molecule has 4 amide bonds. The van der Waals surface area contributed by atoms with E-state index in [1.807, 2.05) is 12.2 Å². The Bertz CT molecular complexity index is 956. The van der Waals surface area contributed by atoms with Crippen LogP contribution in [0.25, 0.3) is 0 Å². The summed E-state index contributed by atoms with van der Waals surface area (Å²) >= 11 is 0. The highest BCUT2D eigenvalue weighted by molar-refractivity contribution is 6.09. The number of methoxy groups -OCH3 is 1. The Balaban J connectivity index is 1.09. The second kappa shape index (κ2) is 7.37. The number of hydrogen-bond donors (Lipinski definition) is 0. The molecular formula is C25H28N2O6. The molecule has 2 heterocycles. The zero-order valence-electron chi connectivity index (χ0n) is 18.6. The van der Waals surface area contributed by atoms with Crippen molar-refractivity contribution in [3.63, 3.8) is 0 Å². The molecule has 0 N–H and O–H groups in total. The van der Waals surface area contributed by atoms with Crippen molar-refractivity contribution >= 4 is 29.6 Å². The number of allylic oxidation sites excluding steroid dienone is 4. The normalized spacial score (nSPS) is 40.4. The van der Waals surface area contributed by atoms with Gasteiger partial charge in [0, 0.05) is 6.54 Å². The number of nitrogens with zero attached hydrogens (tertiary/aromatic N) is 2. The molecule has 0 spiro atoms. The van der Waals surface area contributed by atoms with E-state index in [1.54, 1.807) is 0 Å². The third kappa shape index (κ3) is 2.78. The first-order valence-corrected chi connectivity index (χ1v) is 12.1. The summed E-state index contributed by atoms with van der Waals surface area (Å²) in [5, 5.41) is 0. The van der Waals surface area contributed by atoms with Gasteiger partial charge in [-0.15, -0.1) is 0 Å². The molecule has 4 aliphatic carbocycles. The molecule has 8 heteroatoms. The number of likely N-dealkylation sites (tertiary alicyclic amines) is 2. The van der Waals surface area contributed by atoms with Crippen LogP contribution < -0.4 is 0 Å². The molecule has 33 heavy (non-hydrogen) atoms. The standard InChI is InChI=1S/C25H28N2O6/c1-33-25(32)16(27-23(30)19-14-7-8-15(11-14)20(19)24(27)31)4-2-3-9-26-21(28)17-12-5-6-13(10-12)18(17)22(26)29/h5-8,12-20H,2-4,9-11H2,1H3/t12-,13-,14-,15-,16+,17-,18+,19-,20+/m0/s1. The Morgan fingerprint density at radius 3 is 1.73 bits per heavy atom. The molecule has 0 aromatic carbocycles. The molecule has 2 saturated carbocycles. The number of fused-ring (bicyclic) bond motifs is 10. The molecule has 9 atom stereocenters. The van der Waals surface area contributed by atoms with Crippen LogP contribution in [0.2, 0.25) is 0 Å². The molecule has 4 bridgehead atoms. The van der Waals surface area contributed by atoms with Crippen molar-refractivity contribution in [3.8, 4) is 0 Å². The largest absolute Gasteiger partial charge is 0.467 e. The van der Waals surface area contributed by atoms with Gasteiger partial charge in [0.1, 0.15) is 6.04 Å². The zero-order chi connectivity index (χ0) is 23.0. The van der Waals surface area contributed by atoms with Crippen molar-refractivity contribution in [1.82, 2.24) is 9.80 Å². The fraction of sp³-hybridized carbons (Fsp3) is 0.640. The van der Waals surface area contributed by atoms with Gasteiger partial charge in [0.25, 0.3) is 0 Å². The first kappa shape index (κ1) is 20.8. The number of carbonyl (C=O) groups excluding carboxylic acids is 5. The minimum atomic E-state index is -0.954. The van der Waals surface area contributed by atoms with Gasteiger partial charge in [-0.3, -0.25) is 29.0 Å². The van der Waals surface area contributed by atoms with Gasteiger partial charge in [-0.1, -0.05) is 24.3 Å². The summed E-state index contributed by atoms with van der Waals surface area (Å²) in [6, 6.07) is -0.954. The van der Waals surface area contributed by atoms with Crippen LogP contribution in [-0.4, -0.2) is 59.1 Å². The first-order valence-electron chi connectivity index (χ1n) is 12.1. The fourth-order valence-corrected chi connectivity index (χ4v) is 7.51. The van der Waals surface area contributed by atoms with Gasteiger partial charge in [0.05, 0.1) is 30.8 Å². The van der Waals surface area contributed by atoms with Crippen LogP contribution in [0.5, 0.6) is 0 Å². The number of ether oxygens (including phenoxy) is 1. The van der Waals surface area contributed by atoms with Crippen LogP contribution in [0, 0.1) is 47.3 Å². The van der Waals surface area contributed by atoms with Crippen LogP contribution in [0.3, 0.4) is 0 Å². The quantitative estimate of drug-likeness (QED) is 0.250. The summed E-state index contributed by atoms with van der Waals surface area (Å²) in [4.78, 5) is 67.0. The van der Waals surface area contributed by atoms with E-state index in [4.69, 9.17) is 4.74 Å². The zero-order valence-corrected chi connectivity index (χ0v) is 18.6. The Labute approximate surface area is 192 Å². The number of rotatable bonds is 7. The van der Waals surface area contributed by atoms with Gasteiger partial charge in [0.2, 0.25) is 23.6 Å². The summed E-state index contributed by atoms with van der Waals surface area (Å²) in [6.45, 7) is 0.305. The molecule has 4 fully saturated rings. The lowest BCUT2D eigenvalue weighted by molar-refractivity contribution is -0.157. The fourth-order valence-electron chi connectivity index (χ4n) is 7.51. The first-order chi connectivity index (χ1) is 15.9.